The van der Waals surface area contributed by atoms with Gasteiger partial charge in [-0.15, -0.1) is 11.3 Å². The molecule has 0 radical (unpaired) electrons. The van der Waals surface area contributed by atoms with E-state index in [2.05, 4.69) is 0 Å². The van der Waals surface area contributed by atoms with Crippen molar-refractivity contribution in [1.29, 1.82) is 0 Å². The largest absolute Gasteiger partial charge is 0.396 e. The Bertz CT molecular complexity index is 532. The summed E-state index contributed by atoms with van der Waals surface area (Å²) < 4.78 is 27.1. The Morgan fingerprint density at radius 1 is 1.42 bits per heavy atom. The minimum Gasteiger partial charge on any atom is -0.396 e. The molecule has 0 saturated heterocycles. The highest BCUT2D eigenvalue weighted by molar-refractivity contribution is 7.89. The standard InChI is InChI=1S/C13H21NO3S2/c1-10-9-13(11(2)18-10)19(16,17)14(7-4-8-15)12-5-3-6-12/h9,12,15H,3-8H2,1-2H3. The molecule has 1 N–H and O–H groups in total. The molecule has 1 aromatic heterocycles. The van der Waals surface area contributed by atoms with Gasteiger partial charge in [0.05, 0.1) is 4.90 Å². The lowest BCUT2D eigenvalue weighted by Crippen LogP contribution is -2.44. The number of hydrogen-bond donors (Lipinski definition) is 1. The van der Waals surface area contributed by atoms with Crippen LogP contribution in [0.1, 0.15) is 35.4 Å². The predicted octanol–water partition coefficient (Wildman–Crippen LogP) is 2.29. The Morgan fingerprint density at radius 3 is 2.53 bits per heavy atom. The van der Waals surface area contributed by atoms with Gasteiger partial charge in [0, 0.05) is 28.9 Å². The molecule has 0 aromatic carbocycles. The molecule has 1 heterocycles. The summed E-state index contributed by atoms with van der Waals surface area (Å²) in [5.74, 6) is 0. The van der Waals surface area contributed by atoms with E-state index in [0.717, 1.165) is 29.0 Å². The average molecular weight is 303 g/mol. The molecule has 0 atom stereocenters. The first-order valence-corrected chi connectivity index (χ1v) is 8.92. The molecular formula is C13H21NO3S2. The quantitative estimate of drug-likeness (QED) is 0.877. The van der Waals surface area contributed by atoms with Gasteiger partial charge in [-0.05, 0) is 39.2 Å². The van der Waals surface area contributed by atoms with Crippen LogP contribution in [0.15, 0.2) is 11.0 Å². The van der Waals surface area contributed by atoms with Gasteiger partial charge in [-0.2, -0.15) is 4.31 Å². The van der Waals surface area contributed by atoms with Gasteiger partial charge in [0.25, 0.3) is 0 Å². The van der Waals surface area contributed by atoms with E-state index in [1.165, 1.54) is 11.3 Å². The van der Waals surface area contributed by atoms with Gasteiger partial charge in [-0.3, -0.25) is 0 Å². The zero-order valence-corrected chi connectivity index (χ0v) is 13.1. The summed E-state index contributed by atoms with van der Waals surface area (Å²) >= 11 is 1.52. The second-order valence-corrected chi connectivity index (χ2v) is 8.37. The molecule has 19 heavy (non-hydrogen) atoms. The zero-order chi connectivity index (χ0) is 14.0. The van der Waals surface area contributed by atoms with Gasteiger partial charge >= 0.3 is 0 Å². The number of aryl methyl sites for hydroxylation is 2. The zero-order valence-electron chi connectivity index (χ0n) is 11.4. The van der Waals surface area contributed by atoms with Crippen molar-refractivity contribution < 1.29 is 13.5 Å². The van der Waals surface area contributed by atoms with Gasteiger partial charge in [0.15, 0.2) is 0 Å². The molecule has 1 aromatic rings. The first kappa shape index (κ1) is 15.0. The van der Waals surface area contributed by atoms with Gasteiger partial charge in [0.2, 0.25) is 10.0 Å². The predicted molar refractivity (Wildman–Crippen MR) is 77.0 cm³/mol. The minimum atomic E-state index is -3.41. The number of hydrogen-bond acceptors (Lipinski definition) is 4. The fourth-order valence-corrected chi connectivity index (χ4v) is 5.64. The van der Waals surface area contributed by atoms with Gasteiger partial charge in [0.1, 0.15) is 0 Å². The first-order valence-electron chi connectivity index (χ1n) is 6.66. The highest BCUT2D eigenvalue weighted by Gasteiger charge is 2.35. The van der Waals surface area contributed by atoms with Crippen LogP contribution in [-0.4, -0.2) is 37.0 Å². The second-order valence-electron chi connectivity index (χ2n) is 5.06. The highest BCUT2D eigenvalue weighted by atomic mass is 32.2. The Labute approximate surface area is 119 Å². The van der Waals surface area contributed by atoms with E-state index in [-0.39, 0.29) is 12.6 Å². The second kappa shape index (κ2) is 5.91. The molecule has 2 rings (SSSR count). The topological polar surface area (TPSA) is 57.6 Å². The van der Waals surface area contributed by atoms with E-state index in [1.54, 1.807) is 10.4 Å². The molecule has 6 heteroatoms. The molecule has 0 amide bonds. The van der Waals surface area contributed by atoms with E-state index in [1.807, 2.05) is 13.8 Å². The van der Waals surface area contributed by atoms with E-state index >= 15 is 0 Å². The van der Waals surface area contributed by atoms with Crippen molar-refractivity contribution in [1.82, 2.24) is 4.31 Å². The van der Waals surface area contributed by atoms with Crippen LogP contribution in [0.25, 0.3) is 0 Å². The third-order valence-electron chi connectivity index (χ3n) is 3.60. The Balaban J connectivity index is 2.30. The number of nitrogens with zero attached hydrogens (tertiary/aromatic N) is 1. The van der Waals surface area contributed by atoms with Crippen molar-refractivity contribution in [2.24, 2.45) is 0 Å². The smallest absolute Gasteiger partial charge is 0.244 e. The summed E-state index contributed by atoms with van der Waals surface area (Å²) in [6.45, 7) is 4.23. The fourth-order valence-electron chi connectivity index (χ4n) is 2.39. The molecule has 1 fully saturated rings. The van der Waals surface area contributed by atoms with E-state index in [0.29, 0.717) is 17.9 Å². The van der Waals surface area contributed by atoms with Crippen molar-refractivity contribution >= 4 is 21.4 Å². The van der Waals surface area contributed by atoms with Crippen molar-refractivity contribution in [3.63, 3.8) is 0 Å². The number of aliphatic hydroxyl groups is 1. The SMILES string of the molecule is Cc1cc(S(=O)(=O)N(CCCO)C2CCC2)c(C)s1. The van der Waals surface area contributed by atoms with Crippen LogP contribution < -0.4 is 0 Å². The van der Waals surface area contributed by atoms with Crippen molar-refractivity contribution in [2.45, 2.75) is 50.5 Å². The van der Waals surface area contributed by atoms with Gasteiger partial charge in [-0.25, -0.2) is 8.42 Å². The summed E-state index contributed by atoms with van der Waals surface area (Å²) in [6.07, 6.45) is 3.47. The summed E-state index contributed by atoms with van der Waals surface area (Å²) in [6, 6.07) is 1.89. The van der Waals surface area contributed by atoms with Crippen LogP contribution in [0.2, 0.25) is 0 Å². The normalized spacial score (nSPS) is 16.8. The molecule has 1 saturated carbocycles. The maximum atomic E-state index is 12.8. The van der Waals surface area contributed by atoms with Gasteiger partial charge < -0.3 is 5.11 Å². The summed E-state index contributed by atoms with van der Waals surface area (Å²) in [4.78, 5) is 2.32. The van der Waals surface area contributed by atoms with Crippen LogP contribution in [0.5, 0.6) is 0 Å². The van der Waals surface area contributed by atoms with E-state index < -0.39 is 10.0 Å². The van der Waals surface area contributed by atoms with Crippen LogP contribution >= 0.6 is 11.3 Å². The fraction of sp³-hybridized carbons (Fsp3) is 0.692. The number of aliphatic hydroxyl groups excluding tert-OH is 1. The molecule has 108 valence electrons. The Hall–Kier alpha value is -0.430. The molecule has 4 nitrogen and oxygen atoms in total. The Morgan fingerprint density at radius 2 is 2.11 bits per heavy atom. The third kappa shape index (κ3) is 3.02. The Kier molecular flexibility index (Phi) is 4.66. The molecule has 1 aliphatic carbocycles. The van der Waals surface area contributed by atoms with Crippen LogP contribution in [0.4, 0.5) is 0 Å². The molecular weight excluding hydrogens is 282 g/mol. The van der Waals surface area contributed by atoms with E-state index in [9.17, 15) is 8.42 Å². The summed E-state index contributed by atoms with van der Waals surface area (Å²) in [5, 5.41) is 8.96. The maximum Gasteiger partial charge on any atom is 0.244 e. The monoisotopic (exact) mass is 303 g/mol. The lowest BCUT2D eigenvalue weighted by Gasteiger charge is -2.36. The van der Waals surface area contributed by atoms with Crippen molar-refractivity contribution in [3.05, 3.63) is 15.8 Å². The van der Waals surface area contributed by atoms with Crippen molar-refractivity contribution in [2.75, 3.05) is 13.2 Å². The number of sulfonamides is 1. The summed E-state index contributed by atoms with van der Waals surface area (Å²) in [5.41, 5.74) is 0. The maximum absolute atomic E-state index is 12.8. The van der Waals surface area contributed by atoms with Crippen LogP contribution in [-0.2, 0) is 10.0 Å². The molecule has 0 bridgehead atoms. The molecule has 1 aliphatic rings. The summed E-state index contributed by atoms with van der Waals surface area (Å²) in [7, 11) is -3.41. The average Bonchev–Trinajstić information content (AvgIpc) is 2.61. The third-order valence-corrected chi connectivity index (χ3v) is 6.77. The van der Waals surface area contributed by atoms with Crippen LogP contribution in [0.3, 0.4) is 0 Å². The lowest BCUT2D eigenvalue weighted by molar-refractivity contribution is 0.198. The highest BCUT2D eigenvalue weighted by Crippen LogP contribution is 2.33. The lowest BCUT2D eigenvalue weighted by atomic mass is 9.93. The molecule has 0 unspecified atom stereocenters. The minimum absolute atomic E-state index is 0.0282. The van der Waals surface area contributed by atoms with Crippen molar-refractivity contribution in [3.8, 4) is 0 Å². The van der Waals surface area contributed by atoms with Crippen LogP contribution in [0, 0.1) is 13.8 Å². The van der Waals surface area contributed by atoms with E-state index in [4.69, 9.17) is 5.11 Å². The van der Waals surface area contributed by atoms with Gasteiger partial charge in [-0.1, -0.05) is 6.42 Å². The first-order chi connectivity index (χ1) is 8.96. The number of thiophene rings is 1. The molecule has 0 spiro atoms. The molecule has 0 aliphatic heterocycles. The number of rotatable bonds is 6.